The van der Waals surface area contributed by atoms with E-state index in [1.807, 2.05) is 13.8 Å². The van der Waals surface area contributed by atoms with Gasteiger partial charge in [-0.05, 0) is 38.7 Å². The van der Waals surface area contributed by atoms with Crippen LogP contribution in [-0.4, -0.2) is 17.8 Å². The van der Waals surface area contributed by atoms with Gasteiger partial charge in [-0.2, -0.15) is 0 Å². The van der Waals surface area contributed by atoms with Crippen molar-refractivity contribution in [2.75, 3.05) is 6.54 Å². The van der Waals surface area contributed by atoms with Crippen LogP contribution in [0, 0.1) is 19.8 Å². The fourth-order valence-corrected chi connectivity index (χ4v) is 2.77. The monoisotopic (exact) mass is 255 g/mol. The fourth-order valence-electron chi connectivity index (χ4n) is 2.40. The van der Waals surface area contributed by atoms with Gasteiger partial charge in [-0.15, -0.1) is 11.6 Å². The predicted octanol–water partition coefficient (Wildman–Crippen LogP) is 3.03. The summed E-state index contributed by atoms with van der Waals surface area (Å²) in [5.41, 5.74) is 0.631. The highest BCUT2D eigenvalue weighted by atomic mass is 35.5. The van der Waals surface area contributed by atoms with Gasteiger partial charge in [0, 0.05) is 11.9 Å². The Balaban J connectivity index is 1.91. The van der Waals surface area contributed by atoms with Gasteiger partial charge in [0.1, 0.15) is 11.5 Å². The summed E-state index contributed by atoms with van der Waals surface area (Å²) in [6.07, 6.45) is 3.34. The number of hydrogen-bond acceptors (Lipinski definition) is 2. The van der Waals surface area contributed by atoms with Crippen LogP contribution in [0.1, 0.15) is 41.1 Å². The molecular weight excluding hydrogens is 238 g/mol. The summed E-state index contributed by atoms with van der Waals surface area (Å²) < 4.78 is 5.34. The second kappa shape index (κ2) is 5.13. The number of rotatable bonds is 3. The molecule has 0 aromatic carbocycles. The first-order valence-electron chi connectivity index (χ1n) is 6.07. The van der Waals surface area contributed by atoms with E-state index in [9.17, 15) is 4.79 Å². The van der Waals surface area contributed by atoms with E-state index >= 15 is 0 Å². The van der Waals surface area contributed by atoms with Gasteiger partial charge in [-0.3, -0.25) is 4.79 Å². The van der Waals surface area contributed by atoms with Gasteiger partial charge in [-0.1, -0.05) is 6.42 Å². The Hall–Kier alpha value is -0.960. The van der Waals surface area contributed by atoms with Gasteiger partial charge in [0.2, 0.25) is 0 Å². The molecule has 0 radical (unpaired) electrons. The van der Waals surface area contributed by atoms with E-state index < -0.39 is 0 Å². The minimum Gasteiger partial charge on any atom is -0.466 e. The lowest BCUT2D eigenvalue weighted by Crippen LogP contribution is -2.31. The Morgan fingerprint density at radius 3 is 2.82 bits per heavy atom. The molecule has 2 atom stereocenters. The van der Waals surface area contributed by atoms with Crippen LogP contribution in [0.4, 0.5) is 0 Å². The normalized spacial score (nSPS) is 23.9. The van der Waals surface area contributed by atoms with Gasteiger partial charge in [0.25, 0.3) is 5.91 Å². The van der Waals surface area contributed by atoms with Crippen LogP contribution in [0.25, 0.3) is 0 Å². The number of furan rings is 1. The molecule has 1 aromatic heterocycles. The van der Waals surface area contributed by atoms with Crippen LogP contribution in [-0.2, 0) is 0 Å². The van der Waals surface area contributed by atoms with E-state index in [4.69, 9.17) is 16.0 Å². The molecule has 17 heavy (non-hydrogen) atoms. The topological polar surface area (TPSA) is 42.2 Å². The maximum Gasteiger partial charge on any atom is 0.254 e. The minimum atomic E-state index is -0.0601. The second-order valence-corrected chi connectivity index (χ2v) is 5.30. The number of nitrogens with one attached hydrogen (secondary N) is 1. The molecule has 1 saturated carbocycles. The van der Waals surface area contributed by atoms with Crippen molar-refractivity contribution in [2.45, 2.75) is 38.5 Å². The van der Waals surface area contributed by atoms with Crippen LogP contribution >= 0.6 is 11.6 Å². The zero-order valence-corrected chi connectivity index (χ0v) is 11.0. The largest absolute Gasteiger partial charge is 0.466 e. The van der Waals surface area contributed by atoms with Crippen molar-refractivity contribution in [1.29, 1.82) is 0 Å². The number of carbonyl (C=O) groups excluding carboxylic acids is 1. The molecule has 1 aliphatic rings. The van der Waals surface area contributed by atoms with Gasteiger partial charge in [-0.25, -0.2) is 0 Å². The Morgan fingerprint density at radius 2 is 2.29 bits per heavy atom. The van der Waals surface area contributed by atoms with Crippen LogP contribution in [0.15, 0.2) is 10.5 Å². The molecule has 2 rings (SSSR count). The molecule has 4 heteroatoms. The smallest absolute Gasteiger partial charge is 0.254 e. The molecule has 1 aliphatic carbocycles. The molecule has 94 valence electrons. The highest BCUT2D eigenvalue weighted by molar-refractivity contribution is 6.21. The van der Waals surface area contributed by atoms with Gasteiger partial charge < -0.3 is 9.73 Å². The first-order valence-corrected chi connectivity index (χ1v) is 6.51. The van der Waals surface area contributed by atoms with Crippen molar-refractivity contribution in [3.8, 4) is 0 Å². The van der Waals surface area contributed by atoms with E-state index in [-0.39, 0.29) is 11.3 Å². The van der Waals surface area contributed by atoms with Crippen LogP contribution < -0.4 is 5.32 Å². The Labute approximate surface area is 107 Å². The van der Waals surface area contributed by atoms with E-state index in [0.717, 1.165) is 18.6 Å². The third-order valence-electron chi connectivity index (χ3n) is 3.38. The average molecular weight is 256 g/mol. The molecule has 3 nitrogen and oxygen atoms in total. The third kappa shape index (κ3) is 2.83. The van der Waals surface area contributed by atoms with Gasteiger partial charge in [0.15, 0.2) is 0 Å². The standard InChI is InChI=1S/C13H18ClNO2/c1-8-6-11(9(2)17-8)13(16)15-7-10-4-3-5-12(10)14/h6,10,12H,3-5,7H2,1-2H3,(H,15,16). The lowest BCUT2D eigenvalue weighted by Gasteiger charge is -2.14. The maximum atomic E-state index is 11.9. The van der Waals surface area contributed by atoms with E-state index in [1.165, 1.54) is 6.42 Å². The summed E-state index contributed by atoms with van der Waals surface area (Å²) in [4.78, 5) is 11.9. The average Bonchev–Trinajstić information content (AvgIpc) is 2.81. The highest BCUT2D eigenvalue weighted by Crippen LogP contribution is 2.29. The first-order chi connectivity index (χ1) is 8.08. The van der Waals surface area contributed by atoms with Crippen molar-refractivity contribution in [1.82, 2.24) is 5.32 Å². The minimum absolute atomic E-state index is 0.0601. The van der Waals surface area contributed by atoms with Crippen molar-refractivity contribution in [3.05, 3.63) is 23.2 Å². The summed E-state index contributed by atoms with van der Waals surface area (Å²) in [7, 11) is 0. The van der Waals surface area contributed by atoms with Crippen molar-refractivity contribution < 1.29 is 9.21 Å². The summed E-state index contributed by atoms with van der Waals surface area (Å²) in [5.74, 6) is 1.79. The highest BCUT2D eigenvalue weighted by Gasteiger charge is 2.26. The molecule has 0 aliphatic heterocycles. The summed E-state index contributed by atoms with van der Waals surface area (Å²) in [6.45, 7) is 4.31. The molecular formula is C13H18ClNO2. The number of hydrogen-bond donors (Lipinski definition) is 1. The second-order valence-electron chi connectivity index (χ2n) is 4.74. The molecule has 1 amide bonds. The zero-order valence-electron chi connectivity index (χ0n) is 10.3. The van der Waals surface area contributed by atoms with Crippen LogP contribution in [0.2, 0.25) is 0 Å². The SMILES string of the molecule is Cc1cc(C(=O)NCC2CCCC2Cl)c(C)o1. The molecule has 0 bridgehead atoms. The first kappa shape index (κ1) is 12.5. The van der Waals surface area contributed by atoms with Crippen LogP contribution in [0.3, 0.4) is 0 Å². The molecule has 1 aromatic rings. The number of alkyl halides is 1. The fraction of sp³-hybridized carbons (Fsp3) is 0.615. The molecule has 1 N–H and O–H groups in total. The molecule has 1 fully saturated rings. The van der Waals surface area contributed by atoms with Crippen molar-refractivity contribution in [3.63, 3.8) is 0 Å². The summed E-state index contributed by atoms with van der Waals surface area (Å²) in [5, 5.41) is 3.15. The van der Waals surface area contributed by atoms with Crippen LogP contribution in [0.5, 0.6) is 0 Å². The quantitative estimate of drug-likeness (QED) is 0.844. The Morgan fingerprint density at radius 1 is 1.53 bits per heavy atom. The number of amides is 1. The lowest BCUT2D eigenvalue weighted by molar-refractivity contribution is 0.0946. The summed E-state index contributed by atoms with van der Waals surface area (Å²) >= 11 is 6.17. The van der Waals surface area contributed by atoms with Crippen molar-refractivity contribution >= 4 is 17.5 Å². The molecule has 0 spiro atoms. The number of halogens is 1. The third-order valence-corrected chi connectivity index (χ3v) is 3.95. The molecule has 2 unspecified atom stereocenters. The van der Waals surface area contributed by atoms with Gasteiger partial charge in [0.05, 0.1) is 5.56 Å². The van der Waals surface area contributed by atoms with E-state index in [2.05, 4.69) is 5.32 Å². The Bertz CT molecular complexity index is 414. The summed E-state index contributed by atoms with van der Waals surface area (Å²) in [6, 6.07) is 1.78. The molecule has 0 saturated heterocycles. The maximum absolute atomic E-state index is 11.9. The van der Waals surface area contributed by atoms with Crippen molar-refractivity contribution in [2.24, 2.45) is 5.92 Å². The van der Waals surface area contributed by atoms with E-state index in [0.29, 0.717) is 23.8 Å². The zero-order chi connectivity index (χ0) is 12.4. The molecule has 1 heterocycles. The number of aryl methyl sites for hydroxylation is 2. The number of carbonyl (C=O) groups is 1. The lowest BCUT2D eigenvalue weighted by atomic mass is 10.1. The predicted molar refractivity (Wildman–Crippen MR) is 67.5 cm³/mol. The Kier molecular flexibility index (Phi) is 3.77. The van der Waals surface area contributed by atoms with E-state index in [1.54, 1.807) is 6.07 Å². The van der Waals surface area contributed by atoms with Gasteiger partial charge >= 0.3 is 0 Å².